The van der Waals surface area contributed by atoms with Crippen molar-refractivity contribution in [3.63, 3.8) is 0 Å². The van der Waals surface area contributed by atoms with E-state index in [1.807, 2.05) is 12.1 Å². The summed E-state index contributed by atoms with van der Waals surface area (Å²) in [5.41, 5.74) is -1.08. The van der Waals surface area contributed by atoms with Crippen LogP contribution in [0.25, 0.3) is 11.4 Å². The number of rotatable bonds is 7. The number of halogens is 3. The Morgan fingerprint density at radius 3 is 2.56 bits per heavy atom. The van der Waals surface area contributed by atoms with E-state index >= 15 is 0 Å². The molecule has 48 heavy (non-hydrogen) atoms. The largest absolute Gasteiger partial charge is 0.493 e. The van der Waals surface area contributed by atoms with Crippen molar-refractivity contribution in [2.45, 2.75) is 64.0 Å². The quantitative estimate of drug-likeness (QED) is 0.169. The molecule has 3 heterocycles. The maximum atomic E-state index is 14.1. The number of aliphatic imine (C=N–C) groups is 1. The van der Waals surface area contributed by atoms with E-state index in [1.54, 1.807) is 26.8 Å². The zero-order valence-corrected chi connectivity index (χ0v) is 26.2. The van der Waals surface area contributed by atoms with Crippen molar-refractivity contribution >= 4 is 18.1 Å². The number of alkyl halides is 3. The molecule has 2 amide bonds. The lowest BCUT2D eigenvalue weighted by Gasteiger charge is -2.27. The first-order chi connectivity index (χ1) is 22.7. The monoisotopic (exact) mass is 677 g/mol. The summed E-state index contributed by atoms with van der Waals surface area (Å²) in [4.78, 5) is 32.7. The molecule has 5 rings (SSSR count). The van der Waals surface area contributed by atoms with Gasteiger partial charge in [0, 0.05) is 12.1 Å². The van der Waals surface area contributed by atoms with Gasteiger partial charge in [0.1, 0.15) is 30.6 Å². The highest BCUT2D eigenvalue weighted by Gasteiger charge is 2.42. The van der Waals surface area contributed by atoms with Crippen molar-refractivity contribution in [1.82, 2.24) is 20.4 Å². The second-order valence-corrected chi connectivity index (χ2v) is 11.9. The third-order valence-corrected chi connectivity index (χ3v) is 7.16. The summed E-state index contributed by atoms with van der Waals surface area (Å²) in [5.74, 6) is -0.0388. The van der Waals surface area contributed by atoms with E-state index in [1.165, 1.54) is 11.0 Å². The number of carbonyl (C=O) groups excluding carboxylic acids is 1. The van der Waals surface area contributed by atoms with E-state index in [4.69, 9.17) is 23.5 Å². The molecular weight excluding hydrogens is 643 g/mol. The van der Waals surface area contributed by atoms with Crippen LogP contribution >= 0.6 is 0 Å². The highest BCUT2D eigenvalue weighted by atomic mass is 19.4. The molecule has 1 saturated heterocycles. The van der Waals surface area contributed by atoms with Gasteiger partial charge in [-0.1, -0.05) is 11.2 Å². The summed E-state index contributed by atoms with van der Waals surface area (Å²) in [5, 5.41) is 26.1. The normalized spacial score (nSPS) is 18.1. The Hall–Kier alpha value is -5.06. The summed E-state index contributed by atoms with van der Waals surface area (Å²) in [6.07, 6.45) is -7.53. The van der Waals surface area contributed by atoms with Crippen LogP contribution in [0.4, 0.5) is 22.8 Å². The number of nitrogens with one attached hydrogen (secondary N) is 1. The number of hydrogen-bond acceptors (Lipinski definition) is 10. The maximum Gasteiger partial charge on any atom is 0.434 e. The first-order valence-electron chi connectivity index (χ1n) is 15.0. The molecule has 1 aromatic heterocycles. The molecule has 0 aliphatic carbocycles. The van der Waals surface area contributed by atoms with Gasteiger partial charge < -0.3 is 38.6 Å². The lowest BCUT2D eigenvalue weighted by molar-refractivity contribution is -0.138. The number of benzene rings is 2. The maximum absolute atomic E-state index is 14.1. The van der Waals surface area contributed by atoms with Crippen LogP contribution in [-0.2, 0) is 17.3 Å². The van der Waals surface area contributed by atoms with Crippen molar-refractivity contribution in [2.24, 2.45) is 4.99 Å². The van der Waals surface area contributed by atoms with Gasteiger partial charge in [0.05, 0.1) is 18.3 Å². The highest BCUT2D eigenvalue weighted by molar-refractivity contribution is 5.98. The molecule has 2 aliphatic rings. The van der Waals surface area contributed by atoms with E-state index in [-0.39, 0.29) is 42.6 Å². The van der Waals surface area contributed by atoms with Gasteiger partial charge in [-0.2, -0.15) is 18.2 Å². The van der Waals surface area contributed by atoms with Crippen LogP contribution in [-0.4, -0.2) is 81.5 Å². The predicted molar refractivity (Wildman–Crippen MR) is 161 cm³/mol. The number of hydrogen-bond donors (Lipinski definition) is 3. The molecule has 1 fully saturated rings. The Morgan fingerprint density at radius 2 is 1.85 bits per heavy atom. The predicted octanol–water partition coefficient (Wildman–Crippen LogP) is 5.20. The SMILES string of the molecule is CC(C)(C)OC(=O)N/C(=N\C(=O)O)N1CC[C@H](O)[C@H]1c1nc(-c2ccc(OCCCc3ccc4c(c3)OCCO4)c(C(F)(F)F)c2)no1. The Morgan fingerprint density at radius 1 is 1.10 bits per heavy atom. The van der Waals surface area contributed by atoms with Gasteiger partial charge in [0.2, 0.25) is 11.8 Å². The molecule has 2 atom stereocenters. The third-order valence-electron chi connectivity index (χ3n) is 7.16. The Kier molecular flexibility index (Phi) is 9.98. The molecule has 2 aliphatic heterocycles. The molecule has 17 heteroatoms. The average Bonchev–Trinajstić information content (AvgIpc) is 3.64. The lowest BCUT2D eigenvalue weighted by Crippen LogP contribution is -2.47. The van der Waals surface area contributed by atoms with E-state index in [9.17, 15) is 33.0 Å². The fourth-order valence-corrected chi connectivity index (χ4v) is 5.15. The van der Waals surface area contributed by atoms with Crippen molar-refractivity contribution in [2.75, 3.05) is 26.4 Å². The smallest absolute Gasteiger partial charge is 0.434 e. The van der Waals surface area contributed by atoms with Crippen LogP contribution in [0.1, 0.15) is 56.7 Å². The van der Waals surface area contributed by atoms with Crippen LogP contribution in [0.3, 0.4) is 0 Å². The topological polar surface area (TPSA) is 178 Å². The van der Waals surface area contributed by atoms with Crippen LogP contribution < -0.4 is 19.5 Å². The van der Waals surface area contributed by atoms with Crippen LogP contribution in [0.15, 0.2) is 45.9 Å². The molecule has 3 N–H and O–H groups in total. The molecule has 14 nitrogen and oxygen atoms in total. The number of aromatic nitrogens is 2. The number of carbonyl (C=O) groups is 2. The first-order valence-corrected chi connectivity index (χ1v) is 15.0. The van der Waals surface area contributed by atoms with Gasteiger partial charge >= 0.3 is 18.4 Å². The highest BCUT2D eigenvalue weighted by Crippen LogP contribution is 2.39. The minimum Gasteiger partial charge on any atom is -0.493 e. The van der Waals surface area contributed by atoms with Crippen molar-refractivity contribution < 1.29 is 56.4 Å². The number of carboxylic acid groups (broad SMARTS) is 1. The zero-order valence-electron chi connectivity index (χ0n) is 26.2. The van der Waals surface area contributed by atoms with Crippen molar-refractivity contribution in [1.29, 1.82) is 0 Å². The molecule has 0 spiro atoms. The van der Waals surface area contributed by atoms with E-state index in [0.717, 1.165) is 17.7 Å². The minimum absolute atomic E-state index is 0.0101. The second-order valence-electron chi connectivity index (χ2n) is 11.9. The van der Waals surface area contributed by atoms with Crippen LogP contribution in [0.2, 0.25) is 0 Å². The minimum atomic E-state index is -4.78. The number of fused-ring (bicyclic) bond motifs is 1. The van der Waals surface area contributed by atoms with Gasteiger partial charge in [0.15, 0.2) is 11.5 Å². The van der Waals surface area contributed by atoms with E-state index < -0.39 is 47.6 Å². The van der Waals surface area contributed by atoms with Gasteiger partial charge in [0.25, 0.3) is 5.89 Å². The number of likely N-dealkylation sites (tertiary alicyclic amines) is 1. The molecule has 3 aromatic rings. The summed E-state index contributed by atoms with van der Waals surface area (Å²) < 4.78 is 69.5. The number of guanidine groups is 1. The van der Waals surface area contributed by atoms with Gasteiger partial charge in [-0.15, -0.1) is 4.99 Å². The number of aliphatic hydroxyl groups excluding tert-OH is 1. The number of aliphatic hydroxyl groups is 1. The van der Waals surface area contributed by atoms with E-state index in [0.29, 0.717) is 37.6 Å². The fourth-order valence-electron chi connectivity index (χ4n) is 5.15. The average molecular weight is 678 g/mol. The number of nitrogens with zero attached hydrogens (tertiary/aromatic N) is 4. The fraction of sp³-hybridized carbons (Fsp3) is 0.452. The molecule has 0 unspecified atom stereocenters. The van der Waals surface area contributed by atoms with Gasteiger partial charge in [-0.25, -0.2) is 9.59 Å². The molecule has 258 valence electrons. The summed E-state index contributed by atoms with van der Waals surface area (Å²) >= 11 is 0. The number of amides is 2. The molecular formula is C31H34F3N5O9. The lowest BCUT2D eigenvalue weighted by atomic mass is 10.1. The first kappa shape index (κ1) is 34.3. The Balaban J connectivity index is 1.30. The van der Waals surface area contributed by atoms with Crippen LogP contribution in [0.5, 0.6) is 17.2 Å². The summed E-state index contributed by atoms with van der Waals surface area (Å²) in [6, 6.07) is 7.65. The molecule has 0 saturated carbocycles. The van der Waals surface area contributed by atoms with Gasteiger partial charge in [-0.05, 0) is 75.9 Å². The van der Waals surface area contributed by atoms with Gasteiger partial charge in [-0.3, -0.25) is 5.32 Å². The van der Waals surface area contributed by atoms with Crippen LogP contribution in [0, 0.1) is 0 Å². The number of aryl methyl sites for hydroxylation is 1. The standard InChI is InChI=1S/C31H34F3N5O9/c1-30(2,3)47-29(43)37-27(36-28(41)42)39-11-10-20(40)24(39)26-35-25(38-48-26)18-7-9-21(19(16-18)31(32,33)34)44-12-4-5-17-6-8-22-23(15-17)46-14-13-45-22/h6-9,15-16,20,24,40H,4-5,10-14H2,1-3H3,(H,41,42)(H,36,37,43)/t20-,24-/m0/s1. The Labute approximate surface area is 272 Å². The summed E-state index contributed by atoms with van der Waals surface area (Å²) in [6.45, 7) is 5.76. The second kappa shape index (κ2) is 14.0. The summed E-state index contributed by atoms with van der Waals surface area (Å²) in [7, 11) is 0. The van der Waals surface area contributed by atoms with E-state index in [2.05, 4.69) is 20.4 Å². The zero-order chi connectivity index (χ0) is 34.6. The van der Waals surface area contributed by atoms with Crippen molar-refractivity contribution in [3.05, 3.63) is 53.4 Å². The Bertz CT molecular complexity index is 1670. The molecule has 0 bridgehead atoms. The molecule has 2 aromatic carbocycles. The van der Waals surface area contributed by atoms with Crippen molar-refractivity contribution in [3.8, 4) is 28.6 Å². The number of ether oxygens (including phenoxy) is 4. The number of alkyl carbamates (subject to hydrolysis) is 1. The third kappa shape index (κ3) is 8.44. The molecule has 0 radical (unpaired) electrons.